The van der Waals surface area contributed by atoms with Gasteiger partial charge in [0, 0.05) is 15.7 Å². The molecule has 0 aliphatic heterocycles. The van der Waals surface area contributed by atoms with E-state index >= 15 is 0 Å². The third-order valence-corrected chi connectivity index (χ3v) is 4.47. The number of hydrogen-bond donors (Lipinski definition) is 1. The summed E-state index contributed by atoms with van der Waals surface area (Å²) in [5, 5.41) is 12.0. The molecule has 1 N–H and O–H groups in total. The lowest BCUT2D eigenvalue weighted by molar-refractivity contribution is -0.112. The van der Waals surface area contributed by atoms with Crippen molar-refractivity contribution in [3.63, 3.8) is 0 Å². The Labute approximate surface area is 176 Å². The summed E-state index contributed by atoms with van der Waals surface area (Å²) in [4.78, 5) is 12.5. The van der Waals surface area contributed by atoms with Gasteiger partial charge in [0.05, 0.1) is 0 Å². The van der Waals surface area contributed by atoms with Crippen LogP contribution in [0.25, 0.3) is 6.08 Å². The van der Waals surface area contributed by atoms with E-state index < -0.39 is 11.7 Å². The maximum absolute atomic E-state index is 13.0. The largest absolute Gasteiger partial charge is 0.488 e. The highest BCUT2D eigenvalue weighted by atomic mass is 79.9. The number of halogens is 2. The SMILES string of the molecule is N#C/C(=C\c1cc(Br)ccc1OCc1ccccc1)C(=O)Nc1ccc(F)cc1. The number of nitrogens with one attached hydrogen (secondary N) is 1. The van der Waals surface area contributed by atoms with E-state index in [2.05, 4.69) is 21.2 Å². The van der Waals surface area contributed by atoms with E-state index in [1.807, 2.05) is 42.5 Å². The highest BCUT2D eigenvalue weighted by molar-refractivity contribution is 9.10. The molecule has 3 rings (SSSR count). The van der Waals surface area contributed by atoms with E-state index in [0.29, 0.717) is 23.6 Å². The molecule has 0 aliphatic rings. The Balaban J connectivity index is 1.82. The number of carbonyl (C=O) groups excluding carboxylic acids is 1. The Bertz CT molecular complexity index is 1070. The van der Waals surface area contributed by atoms with Crippen molar-refractivity contribution < 1.29 is 13.9 Å². The number of rotatable bonds is 6. The number of hydrogen-bond acceptors (Lipinski definition) is 3. The normalized spacial score (nSPS) is 10.9. The molecule has 0 aliphatic carbocycles. The summed E-state index contributed by atoms with van der Waals surface area (Å²) in [7, 11) is 0. The molecule has 0 atom stereocenters. The highest BCUT2D eigenvalue weighted by Gasteiger charge is 2.12. The molecule has 3 aromatic carbocycles. The smallest absolute Gasteiger partial charge is 0.266 e. The van der Waals surface area contributed by atoms with Gasteiger partial charge in [0.25, 0.3) is 5.91 Å². The third kappa shape index (κ3) is 5.77. The average molecular weight is 451 g/mol. The van der Waals surface area contributed by atoms with Crippen molar-refractivity contribution in [1.29, 1.82) is 5.26 Å². The maximum atomic E-state index is 13.0. The summed E-state index contributed by atoms with van der Waals surface area (Å²) in [5.41, 5.74) is 1.88. The predicted molar refractivity (Wildman–Crippen MR) is 114 cm³/mol. The number of ether oxygens (including phenoxy) is 1. The molecular weight excluding hydrogens is 435 g/mol. The summed E-state index contributed by atoms with van der Waals surface area (Å²) in [6.07, 6.45) is 1.46. The standard InChI is InChI=1S/C23H16BrFN2O2/c24-19-6-11-22(29-15-16-4-2-1-3-5-16)17(13-19)12-18(14-26)23(28)27-21-9-7-20(25)8-10-21/h1-13H,15H2,(H,27,28)/b18-12+. The van der Waals surface area contributed by atoms with Gasteiger partial charge in [-0.05, 0) is 54.1 Å². The molecule has 4 nitrogen and oxygen atoms in total. The maximum Gasteiger partial charge on any atom is 0.266 e. The van der Waals surface area contributed by atoms with Crippen LogP contribution < -0.4 is 10.1 Å². The number of nitrogens with zero attached hydrogens (tertiary/aromatic N) is 1. The molecule has 1 amide bonds. The fraction of sp³-hybridized carbons (Fsp3) is 0.0435. The summed E-state index contributed by atoms with van der Waals surface area (Å²) in [6.45, 7) is 0.354. The lowest BCUT2D eigenvalue weighted by Gasteiger charge is -2.11. The molecule has 0 saturated heterocycles. The number of nitriles is 1. The van der Waals surface area contributed by atoms with Crippen LogP contribution >= 0.6 is 15.9 Å². The first-order valence-electron chi connectivity index (χ1n) is 8.70. The minimum atomic E-state index is -0.590. The molecule has 3 aromatic rings. The molecule has 29 heavy (non-hydrogen) atoms. The summed E-state index contributed by atoms with van der Waals surface area (Å²) in [5.74, 6) is -0.458. The van der Waals surface area contributed by atoms with Crippen LogP contribution in [0.1, 0.15) is 11.1 Å². The van der Waals surface area contributed by atoms with E-state index in [1.54, 1.807) is 12.1 Å². The third-order valence-electron chi connectivity index (χ3n) is 3.98. The fourth-order valence-corrected chi connectivity index (χ4v) is 2.91. The van der Waals surface area contributed by atoms with Crippen LogP contribution in [0.2, 0.25) is 0 Å². The average Bonchev–Trinajstić information content (AvgIpc) is 2.73. The fourth-order valence-electron chi connectivity index (χ4n) is 2.53. The molecule has 6 heteroatoms. The topological polar surface area (TPSA) is 62.1 Å². The second kappa shape index (κ2) is 9.67. The van der Waals surface area contributed by atoms with Crippen molar-refractivity contribution in [2.45, 2.75) is 6.61 Å². The van der Waals surface area contributed by atoms with Gasteiger partial charge in [0.15, 0.2) is 0 Å². The Hall–Kier alpha value is -3.43. The predicted octanol–water partition coefficient (Wildman–Crippen LogP) is 5.71. The van der Waals surface area contributed by atoms with Gasteiger partial charge >= 0.3 is 0 Å². The van der Waals surface area contributed by atoms with Crippen molar-refractivity contribution in [3.05, 3.63) is 99.8 Å². The molecule has 0 heterocycles. The minimum Gasteiger partial charge on any atom is -0.488 e. The van der Waals surface area contributed by atoms with Crippen LogP contribution in [0.3, 0.4) is 0 Å². The van der Waals surface area contributed by atoms with Crippen molar-refractivity contribution in [3.8, 4) is 11.8 Å². The Morgan fingerprint density at radius 3 is 2.52 bits per heavy atom. The molecule has 0 fully saturated rings. The number of carbonyl (C=O) groups is 1. The van der Waals surface area contributed by atoms with Crippen LogP contribution in [0.4, 0.5) is 10.1 Å². The quantitative estimate of drug-likeness (QED) is 0.386. The molecule has 0 bridgehead atoms. The lowest BCUT2D eigenvalue weighted by atomic mass is 10.1. The molecule has 0 unspecified atom stereocenters. The van der Waals surface area contributed by atoms with E-state index in [0.717, 1.165) is 10.0 Å². The molecule has 0 radical (unpaired) electrons. The Morgan fingerprint density at radius 2 is 1.83 bits per heavy atom. The van der Waals surface area contributed by atoms with Crippen LogP contribution in [0.15, 0.2) is 82.8 Å². The second-order valence-electron chi connectivity index (χ2n) is 6.09. The van der Waals surface area contributed by atoms with Gasteiger partial charge in [0.1, 0.15) is 29.8 Å². The van der Waals surface area contributed by atoms with E-state index in [4.69, 9.17) is 4.74 Å². The number of anilines is 1. The van der Waals surface area contributed by atoms with Crippen molar-refractivity contribution in [2.75, 3.05) is 5.32 Å². The van der Waals surface area contributed by atoms with Gasteiger partial charge in [-0.15, -0.1) is 0 Å². The van der Waals surface area contributed by atoms with E-state index in [1.165, 1.54) is 30.3 Å². The number of benzene rings is 3. The van der Waals surface area contributed by atoms with Crippen LogP contribution in [-0.4, -0.2) is 5.91 Å². The number of amides is 1. The highest BCUT2D eigenvalue weighted by Crippen LogP contribution is 2.26. The molecule has 0 saturated carbocycles. The molecule has 0 aromatic heterocycles. The van der Waals surface area contributed by atoms with Crippen LogP contribution in [0.5, 0.6) is 5.75 Å². The van der Waals surface area contributed by atoms with Crippen molar-refractivity contribution in [1.82, 2.24) is 0 Å². The summed E-state index contributed by atoms with van der Waals surface area (Å²) >= 11 is 3.40. The van der Waals surface area contributed by atoms with E-state index in [9.17, 15) is 14.4 Å². The van der Waals surface area contributed by atoms with Crippen LogP contribution in [0, 0.1) is 17.1 Å². The lowest BCUT2D eigenvalue weighted by Crippen LogP contribution is -2.13. The van der Waals surface area contributed by atoms with Crippen molar-refractivity contribution in [2.24, 2.45) is 0 Å². The van der Waals surface area contributed by atoms with Gasteiger partial charge in [-0.1, -0.05) is 46.3 Å². The van der Waals surface area contributed by atoms with Gasteiger partial charge in [-0.3, -0.25) is 4.79 Å². The zero-order valence-corrected chi connectivity index (χ0v) is 16.8. The molecular formula is C23H16BrFN2O2. The Kier molecular flexibility index (Phi) is 6.77. The Morgan fingerprint density at radius 1 is 1.10 bits per heavy atom. The van der Waals surface area contributed by atoms with Gasteiger partial charge < -0.3 is 10.1 Å². The zero-order chi connectivity index (χ0) is 20.6. The van der Waals surface area contributed by atoms with Gasteiger partial charge in [0.2, 0.25) is 0 Å². The summed E-state index contributed by atoms with van der Waals surface area (Å²) < 4.78 is 19.7. The monoisotopic (exact) mass is 450 g/mol. The van der Waals surface area contributed by atoms with Gasteiger partial charge in [-0.2, -0.15) is 5.26 Å². The van der Waals surface area contributed by atoms with Gasteiger partial charge in [-0.25, -0.2) is 4.39 Å². The first-order valence-corrected chi connectivity index (χ1v) is 9.49. The molecule has 144 valence electrons. The van der Waals surface area contributed by atoms with E-state index in [-0.39, 0.29) is 5.57 Å². The summed E-state index contributed by atoms with van der Waals surface area (Å²) in [6, 6.07) is 22.3. The second-order valence-corrected chi connectivity index (χ2v) is 7.00. The molecule has 0 spiro atoms. The first-order chi connectivity index (χ1) is 14.0. The van der Waals surface area contributed by atoms with Crippen molar-refractivity contribution >= 4 is 33.6 Å². The van der Waals surface area contributed by atoms with Crippen LogP contribution in [-0.2, 0) is 11.4 Å². The zero-order valence-electron chi connectivity index (χ0n) is 15.2. The minimum absolute atomic E-state index is 0.100. The first kappa shape index (κ1) is 20.3.